The van der Waals surface area contributed by atoms with E-state index in [4.69, 9.17) is 11.6 Å². The Bertz CT molecular complexity index is 1490. The molecule has 0 aliphatic heterocycles. The van der Waals surface area contributed by atoms with Crippen LogP contribution in [0.2, 0.25) is 5.02 Å². The van der Waals surface area contributed by atoms with Gasteiger partial charge in [-0.25, -0.2) is 18.6 Å². The van der Waals surface area contributed by atoms with Gasteiger partial charge in [0.15, 0.2) is 11.2 Å². The fourth-order valence-electron chi connectivity index (χ4n) is 3.92. The maximum atomic E-state index is 14.5. The Morgan fingerprint density at radius 2 is 1.91 bits per heavy atom. The van der Waals surface area contributed by atoms with Crippen molar-refractivity contribution in [3.05, 3.63) is 79.7 Å². The van der Waals surface area contributed by atoms with E-state index in [0.29, 0.717) is 16.3 Å². The van der Waals surface area contributed by atoms with E-state index in [1.54, 1.807) is 22.8 Å². The van der Waals surface area contributed by atoms with E-state index in [1.165, 1.54) is 42.9 Å². The van der Waals surface area contributed by atoms with Gasteiger partial charge in [-0.2, -0.15) is 0 Å². The number of aliphatic hydroxyl groups is 1. The SMILES string of the molecule is CCC(F)(F)c1cccc(-c2nc3c(c(=O)n(CCCO)c(=O)n3C)n2Cc2ccc(Cl)cn2)c1. The van der Waals surface area contributed by atoms with Crippen LogP contribution in [0.3, 0.4) is 0 Å². The van der Waals surface area contributed by atoms with Crippen LogP contribution in [0.4, 0.5) is 8.78 Å². The zero-order valence-corrected chi connectivity index (χ0v) is 20.0. The molecule has 1 aromatic carbocycles. The summed E-state index contributed by atoms with van der Waals surface area (Å²) in [4.78, 5) is 35.1. The molecule has 3 aromatic heterocycles. The molecule has 4 aromatic rings. The zero-order valence-electron chi connectivity index (χ0n) is 19.2. The lowest BCUT2D eigenvalue weighted by atomic mass is 10.0. The number of alkyl halides is 2. The Kier molecular flexibility index (Phi) is 6.86. The van der Waals surface area contributed by atoms with Crippen molar-refractivity contribution in [1.82, 2.24) is 23.7 Å². The number of aryl methyl sites for hydroxylation is 1. The van der Waals surface area contributed by atoms with Crippen LogP contribution in [-0.2, 0) is 26.1 Å². The highest BCUT2D eigenvalue weighted by atomic mass is 35.5. The largest absolute Gasteiger partial charge is 0.396 e. The smallest absolute Gasteiger partial charge is 0.332 e. The minimum atomic E-state index is -3.03. The number of aliphatic hydroxyl groups excluding tert-OH is 1. The molecular formula is C24H24ClF2N5O3. The molecule has 35 heavy (non-hydrogen) atoms. The average Bonchev–Trinajstić information content (AvgIpc) is 3.23. The van der Waals surface area contributed by atoms with Gasteiger partial charge in [0.25, 0.3) is 11.5 Å². The Hall–Kier alpha value is -3.37. The van der Waals surface area contributed by atoms with Crippen molar-refractivity contribution < 1.29 is 13.9 Å². The van der Waals surface area contributed by atoms with Crippen LogP contribution >= 0.6 is 11.6 Å². The number of halogens is 3. The molecule has 0 saturated carbocycles. The third-order valence-electron chi connectivity index (χ3n) is 5.87. The lowest BCUT2D eigenvalue weighted by molar-refractivity contribution is -0.00824. The lowest BCUT2D eigenvalue weighted by Crippen LogP contribution is -2.40. The first-order valence-corrected chi connectivity index (χ1v) is 11.5. The van der Waals surface area contributed by atoms with Gasteiger partial charge < -0.3 is 9.67 Å². The number of hydrogen-bond acceptors (Lipinski definition) is 5. The number of aromatic nitrogens is 5. The highest BCUT2D eigenvalue weighted by Gasteiger charge is 2.30. The van der Waals surface area contributed by atoms with Gasteiger partial charge in [0.2, 0.25) is 0 Å². The second kappa shape index (κ2) is 9.71. The molecule has 0 amide bonds. The summed E-state index contributed by atoms with van der Waals surface area (Å²) >= 11 is 5.96. The minimum absolute atomic E-state index is 0.0237. The van der Waals surface area contributed by atoms with Gasteiger partial charge in [-0.15, -0.1) is 0 Å². The second-order valence-electron chi connectivity index (χ2n) is 8.18. The maximum absolute atomic E-state index is 14.5. The number of fused-ring (bicyclic) bond motifs is 1. The van der Waals surface area contributed by atoms with Gasteiger partial charge in [-0.05, 0) is 24.6 Å². The monoisotopic (exact) mass is 503 g/mol. The Labute approximate surface area is 204 Å². The molecule has 0 unspecified atom stereocenters. The molecule has 4 rings (SSSR count). The summed E-state index contributed by atoms with van der Waals surface area (Å²) in [5.74, 6) is -2.79. The number of nitrogens with zero attached hydrogens (tertiary/aromatic N) is 5. The standard InChI is InChI=1S/C24H24ClF2N5O3/c1-3-24(26,27)16-7-4-6-15(12-16)20-29-21-19(32(20)14-18-9-8-17(25)13-28-18)22(34)31(10-5-11-33)23(35)30(21)2/h4,6-9,12-13,33H,3,5,10-11,14H2,1-2H3. The van der Waals surface area contributed by atoms with Gasteiger partial charge >= 0.3 is 5.69 Å². The van der Waals surface area contributed by atoms with Gasteiger partial charge in [0.1, 0.15) is 5.82 Å². The van der Waals surface area contributed by atoms with Crippen molar-refractivity contribution in [3.63, 3.8) is 0 Å². The van der Waals surface area contributed by atoms with Crippen LogP contribution < -0.4 is 11.2 Å². The van der Waals surface area contributed by atoms with Gasteiger partial charge in [-0.3, -0.25) is 18.9 Å². The average molecular weight is 504 g/mol. The number of imidazole rings is 1. The van der Waals surface area contributed by atoms with E-state index in [0.717, 1.165) is 4.57 Å². The summed E-state index contributed by atoms with van der Waals surface area (Å²) in [6.45, 7) is 1.32. The predicted molar refractivity (Wildman–Crippen MR) is 129 cm³/mol. The summed E-state index contributed by atoms with van der Waals surface area (Å²) in [6.07, 6.45) is 1.31. The molecule has 1 N–H and O–H groups in total. The summed E-state index contributed by atoms with van der Waals surface area (Å²) in [5, 5.41) is 9.64. The third-order valence-corrected chi connectivity index (χ3v) is 6.09. The summed E-state index contributed by atoms with van der Waals surface area (Å²) in [5.41, 5.74) is -0.159. The molecule has 0 saturated heterocycles. The normalized spacial score (nSPS) is 11.9. The molecule has 0 aliphatic rings. The summed E-state index contributed by atoms with van der Waals surface area (Å²) in [6, 6.07) is 9.17. The van der Waals surface area contributed by atoms with E-state index in [9.17, 15) is 23.5 Å². The first-order valence-electron chi connectivity index (χ1n) is 11.1. The third kappa shape index (κ3) is 4.63. The van der Waals surface area contributed by atoms with Crippen molar-refractivity contribution in [2.24, 2.45) is 7.05 Å². The molecule has 0 aliphatic carbocycles. The van der Waals surface area contributed by atoms with Crippen LogP contribution in [0.5, 0.6) is 0 Å². The Morgan fingerprint density at radius 1 is 1.14 bits per heavy atom. The van der Waals surface area contributed by atoms with Crippen LogP contribution in [0, 0.1) is 0 Å². The lowest BCUT2D eigenvalue weighted by Gasteiger charge is -2.16. The van der Waals surface area contributed by atoms with Gasteiger partial charge in [-0.1, -0.05) is 36.7 Å². The van der Waals surface area contributed by atoms with E-state index in [2.05, 4.69) is 9.97 Å². The Morgan fingerprint density at radius 3 is 2.57 bits per heavy atom. The zero-order chi connectivity index (χ0) is 25.3. The quantitative estimate of drug-likeness (QED) is 0.397. The van der Waals surface area contributed by atoms with Gasteiger partial charge in [0, 0.05) is 43.9 Å². The first-order chi connectivity index (χ1) is 16.7. The Balaban J connectivity index is 2.02. The number of hydrogen-bond donors (Lipinski definition) is 1. The predicted octanol–water partition coefficient (Wildman–Crippen LogP) is 3.54. The minimum Gasteiger partial charge on any atom is -0.396 e. The maximum Gasteiger partial charge on any atom is 0.332 e. The molecule has 0 bridgehead atoms. The molecule has 0 radical (unpaired) electrons. The van der Waals surface area contributed by atoms with Crippen molar-refractivity contribution in [2.45, 2.75) is 38.8 Å². The fraction of sp³-hybridized carbons (Fsp3) is 0.333. The van der Waals surface area contributed by atoms with Gasteiger partial charge in [0.05, 0.1) is 17.3 Å². The number of benzene rings is 1. The van der Waals surface area contributed by atoms with Crippen LogP contribution in [0.25, 0.3) is 22.6 Å². The highest BCUT2D eigenvalue weighted by molar-refractivity contribution is 6.30. The van der Waals surface area contributed by atoms with E-state index in [-0.39, 0.29) is 55.1 Å². The van der Waals surface area contributed by atoms with Crippen molar-refractivity contribution in [2.75, 3.05) is 6.61 Å². The van der Waals surface area contributed by atoms with Crippen molar-refractivity contribution >= 4 is 22.8 Å². The topological polar surface area (TPSA) is 94.9 Å². The van der Waals surface area contributed by atoms with E-state index >= 15 is 0 Å². The fourth-order valence-corrected chi connectivity index (χ4v) is 4.04. The molecule has 8 nitrogen and oxygen atoms in total. The van der Waals surface area contributed by atoms with Crippen molar-refractivity contribution in [1.29, 1.82) is 0 Å². The van der Waals surface area contributed by atoms with Crippen LogP contribution in [-0.4, -0.2) is 35.4 Å². The first kappa shape index (κ1) is 24.7. The molecule has 184 valence electrons. The van der Waals surface area contributed by atoms with Crippen molar-refractivity contribution in [3.8, 4) is 11.4 Å². The van der Waals surface area contributed by atoms with E-state index in [1.807, 2.05) is 0 Å². The van der Waals surface area contributed by atoms with Crippen LogP contribution in [0.1, 0.15) is 31.0 Å². The molecular weight excluding hydrogens is 480 g/mol. The molecule has 0 atom stereocenters. The molecule has 0 spiro atoms. The van der Waals surface area contributed by atoms with E-state index < -0.39 is 17.2 Å². The summed E-state index contributed by atoms with van der Waals surface area (Å²) < 4.78 is 32.8. The highest BCUT2D eigenvalue weighted by Crippen LogP contribution is 2.34. The molecule has 3 heterocycles. The molecule has 11 heteroatoms. The number of rotatable bonds is 8. The van der Waals surface area contributed by atoms with Crippen LogP contribution in [0.15, 0.2) is 52.2 Å². The number of pyridine rings is 1. The molecule has 0 fully saturated rings. The summed E-state index contributed by atoms with van der Waals surface area (Å²) in [7, 11) is 1.49. The second-order valence-corrected chi connectivity index (χ2v) is 8.61.